The van der Waals surface area contributed by atoms with Gasteiger partial charge in [-0.1, -0.05) is 0 Å². The molecule has 3 rings (SSSR count). The Labute approximate surface area is 113 Å². The fraction of sp³-hybridized carbons (Fsp3) is 0.385. The van der Waals surface area contributed by atoms with Gasteiger partial charge in [-0.05, 0) is 24.6 Å². The van der Waals surface area contributed by atoms with Gasteiger partial charge in [0.05, 0.1) is 5.56 Å². The Morgan fingerprint density at radius 2 is 2.10 bits per heavy atom. The Hall–Kier alpha value is -2.05. The van der Waals surface area contributed by atoms with Gasteiger partial charge in [-0.2, -0.15) is 18.3 Å². The Morgan fingerprint density at radius 3 is 2.70 bits per heavy atom. The predicted molar refractivity (Wildman–Crippen MR) is 67.4 cm³/mol. The molecule has 4 nitrogen and oxygen atoms in total. The van der Waals surface area contributed by atoms with E-state index >= 15 is 0 Å². The summed E-state index contributed by atoms with van der Waals surface area (Å²) in [7, 11) is 0. The van der Waals surface area contributed by atoms with E-state index in [4.69, 9.17) is 0 Å². The first-order valence-electron chi connectivity index (χ1n) is 6.31. The monoisotopic (exact) mass is 282 g/mol. The van der Waals surface area contributed by atoms with Crippen molar-refractivity contribution in [2.24, 2.45) is 0 Å². The maximum Gasteiger partial charge on any atom is 0.417 e. The number of nitrogens with zero attached hydrogens (tertiary/aromatic N) is 3. The lowest BCUT2D eigenvalue weighted by Crippen LogP contribution is -2.20. The summed E-state index contributed by atoms with van der Waals surface area (Å²) in [4.78, 5) is 5.91. The van der Waals surface area contributed by atoms with Gasteiger partial charge < -0.3 is 4.90 Å². The fourth-order valence-electron chi connectivity index (χ4n) is 2.46. The van der Waals surface area contributed by atoms with Gasteiger partial charge in [0.25, 0.3) is 0 Å². The SMILES string of the molecule is FC(F)(F)c1ccc(N2CCC(c3ccn[nH]3)C2)nc1. The van der Waals surface area contributed by atoms with E-state index in [0.717, 1.165) is 37.5 Å². The zero-order valence-electron chi connectivity index (χ0n) is 10.6. The number of hydrogen-bond acceptors (Lipinski definition) is 3. The molecule has 1 N–H and O–H groups in total. The van der Waals surface area contributed by atoms with Crippen molar-refractivity contribution in [1.29, 1.82) is 0 Å². The Bertz CT molecular complexity index is 562. The minimum absolute atomic E-state index is 0.321. The molecule has 1 atom stereocenters. The van der Waals surface area contributed by atoms with Gasteiger partial charge in [0.2, 0.25) is 0 Å². The van der Waals surface area contributed by atoms with E-state index < -0.39 is 11.7 Å². The van der Waals surface area contributed by atoms with Crippen LogP contribution in [0.2, 0.25) is 0 Å². The number of alkyl halides is 3. The van der Waals surface area contributed by atoms with Crippen LogP contribution in [-0.4, -0.2) is 28.3 Å². The maximum absolute atomic E-state index is 12.5. The Balaban J connectivity index is 1.72. The zero-order chi connectivity index (χ0) is 14.2. The van der Waals surface area contributed by atoms with Crippen molar-refractivity contribution in [3.63, 3.8) is 0 Å². The number of hydrogen-bond donors (Lipinski definition) is 1. The van der Waals surface area contributed by atoms with Crippen molar-refractivity contribution in [2.75, 3.05) is 18.0 Å². The van der Waals surface area contributed by atoms with Gasteiger partial charge in [0.1, 0.15) is 5.82 Å². The minimum atomic E-state index is -4.34. The molecule has 106 valence electrons. The lowest BCUT2D eigenvalue weighted by Gasteiger charge is -2.17. The van der Waals surface area contributed by atoms with E-state index in [2.05, 4.69) is 15.2 Å². The van der Waals surface area contributed by atoms with Crippen LogP contribution in [0, 0.1) is 0 Å². The average molecular weight is 282 g/mol. The Morgan fingerprint density at radius 1 is 1.25 bits per heavy atom. The molecule has 1 saturated heterocycles. The average Bonchev–Trinajstić information content (AvgIpc) is 3.09. The zero-order valence-corrected chi connectivity index (χ0v) is 10.6. The van der Waals surface area contributed by atoms with Crippen molar-refractivity contribution < 1.29 is 13.2 Å². The smallest absolute Gasteiger partial charge is 0.356 e. The number of nitrogens with one attached hydrogen (secondary N) is 1. The van der Waals surface area contributed by atoms with Crippen LogP contribution >= 0.6 is 0 Å². The van der Waals surface area contributed by atoms with Crippen molar-refractivity contribution in [3.8, 4) is 0 Å². The van der Waals surface area contributed by atoms with Crippen LogP contribution in [0.5, 0.6) is 0 Å². The summed E-state index contributed by atoms with van der Waals surface area (Å²) in [5.41, 5.74) is 0.338. The first kappa shape index (κ1) is 13.0. The van der Waals surface area contributed by atoms with Crippen LogP contribution < -0.4 is 4.90 Å². The first-order chi connectivity index (χ1) is 9.54. The highest BCUT2D eigenvalue weighted by molar-refractivity contribution is 5.42. The topological polar surface area (TPSA) is 44.8 Å². The molecule has 20 heavy (non-hydrogen) atoms. The number of aromatic nitrogens is 3. The highest BCUT2D eigenvalue weighted by Crippen LogP contribution is 2.32. The third-order valence-electron chi connectivity index (χ3n) is 3.55. The van der Waals surface area contributed by atoms with Crippen LogP contribution in [0.3, 0.4) is 0 Å². The summed E-state index contributed by atoms with van der Waals surface area (Å²) in [6, 6.07) is 4.43. The summed E-state index contributed by atoms with van der Waals surface area (Å²) in [6.07, 6.45) is -0.812. The van der Waals surface area contributed by atoms with Crippen LogP contribution in [-0.2, 0) is 6.18 Å². The third kappa shape index (κ3) is 2.48. The molecule has 7 heteroatoms. The minimum Gasteiger partial charge on any atom is -0.356 e. The number of H-pyrrole nitrogens is 1. The second kappa shape index (κ2) is 4.81. The molecule has 2 aromatic rings. The lowest BCUT2D eigenvalue weighted by atomic mass is 10.1. The van der Waals surface area contributed by atoms with E-state index in [-0.39, 0.29) is 0 Å². The number of rotatable bonds is 2. The molecular weight excluding hydrogens is 269 g/mol. The molecule has 1 unspecified atom stereocenters. The highest BCUT2D eigenvalue weighted by Gasteiger charge is 2.31. The van der Waals surface area contributed by atoms with E-state index in [1.54, 1.807) is 6.20 Å². The normalized spacial score (nSPS) is 19.6. The number of anilines is 1. The van der Waals surface area contributed by atoms with Gasteiger partial charge in [0.15, 0.2) is 0 Å². The standard InChI is InChI=1S/C13H13F3N4/c14-13(15,16)10-1-2-12(17-7-10)20-6-4-9(8-20)11-3-5-18-19-11/h1-3,5,7,9H,4,6,8H2,(H,18,19). The summed E-state index contributed by atoms with van der Waals surface area (Å²) in [6.45, 7) is 1.52. The largest absolute Gasteiger partial charge is 0.417 e. The molecule has 1 fully saturated rings. The van der Waals surface area contributed by atoms with Crippen LogP contribution in [0.15, 0.2) is 30.6 Å². The molecule has 0 aromatic carbocycles. The van der Waals surface area contributed by atoms with Gasteiger partial charge in [-0.15, -0.1) is 0 Å². The van der Waals surface area contributed by atoms with E-state index in [9.17, 15) is 13.2 Å². The van der Waals surface area contributed by atoms with Crippen molar-refractivity contribution in [2.45, 2.75) is 18.5 Å². The molecule has 0 amide bonds. The molecule has 0 spiro atoms. The van der Waals surface area contributed by atoms with Crippen molar-refractivity contribution in [3.05, 3.63) is 41.9 Å². The van der Waals surface area contributed by atoms with Crippen molar-refractivity contribution in [1.82, 2.24) is 15.2 Å². The van der Waals surface area contributed by atoms with E-state index in [1.165, 1.54) is 6.07 Å². The van der Waals surface area contributed by atoms with Crippen LogP contribution in [0.1, 0.15) is 23.6 Å². The van der Waals surface area contributed by atoms with Gasteiger partial charge in [-0.25, -0.2) is 4.98 Å². The van der Waals surface area contributed by atoms with Gasteiger partial charge in [-0.3, -0.25) is 5.10 Å². The third-order valence-corrected chi connectivity index (χ3v) is 3.55. The molecule has 0 bridgehead atoms. The first-order valence-corrected chi connectivity index (χ1v) is 6.31. The number of aromatic amines is 1. The molecule has 2 aromatic heterocycles. The van der Waals surface area contributed by atoms with Gasteiger partial charge in [0, 0.05) is 37.1 Å². The van der Waals surface area contributed by atoms with E-state index in [1.807, 2.05) is 11.0 Å². The highest BCUT2D eigenvalue weighted by atomic mass is 19.4. The number of pyridine rings is 1. The molecule has 0 saturated carbocycles. The summed E-state index contributed by atoms with van der Waals surface area (Å²) in [5.74, 6) is 0.904. The lowest BCUT2D eigenvalue weighted by molar-refractivity contribution is -0.137. The summed E-state index contributed by atoms with van der Waals surface area (Å²) in [5, 5.41) is 6.85. The molecule has 0 radical (unpaired) electrons. The molecule has 1 aliphatic rings. The quantitative estimate of drug-likeness (QED) is 0.921. The second-order valence-corrected chi connectivity index (χ2v) is 4.85. The molecule has 0 aliphatic carbocycles. The predicted octanol–water partition coefficient (Wildman–Crippen LogP) is 2.82. The number of halogens is 3. The summed E-state index contributed by atoms with van der Waals surface area (Å²) >= 11 is 0. The van der Waals surface area contributed by atoms with E-state index in [0.29, 0.717) is 11.7 Å². The second-order valence-electron chi connectivity index (χ2n) is 4.85. The molecule has 1 aliphatic heterocycles. The summed E-state index contributed by atoms with van der Waals surface area (Å²) < 4.78 is 37.4. The van der Waals surface area contributed by atoms with Crippen LogP contribution in [0.4, 0.5) is 19.0 Å². The molecule has 3 heterocycles. The fourth-order valence-corrected chi connectivity index (χ4v) is 2.46. The molecular formula is C13H13F3N4. The van der Waals surface area contributed by atoms with Crippen molar-refractivity contribution >= 4 is 5.82 Å². The Kier molecular flexibility index (Phi) is 3.11. The van der Waals surface area contributed by atoms with Gasteiger partial charge >= 0.3 is 6.18 Å². The van der Waals surface area contributed by atoms with Crippen LogP contribution in [0.25, 0.3) is 0 Å². The maximum atomic E-state index is 12.5.